The molecule has 0 radical (unpaired) electrons. The van der Waals surface area contributed by atoms with Crippen LogP contribution in [0, 0.1) is 12.8 Å². The summed E-state index contributed by atoms with van der Waals surface area (Å²) in [4.78, 5) is 2.41. The number of hydrogen-bond acceptors (Lipinski definition) is 2. The van der Waals surface area contributed by atoms with Crippen LogP contribution in [0.4, 0.5) is 5.69 Å². The van der Waals surface area contributed by atoms with Gasteiger partial charge in [-0.2, -0.15) is 0 Å². The number of nitrogens with zero attached hydrogens (tertiary/aromatic N) is 1. The van der Waals surface area contributed by atoms with Gasteiger partial charge in [0, 0.05) is 25.3 Å². The van der Waals surface area contributed by atoms with Crippen LogP contribution in [0.2, 0.25) is 0 Å². The first-order valence-corrected chi connectivity index (χ1v) is 7.14. The molecule has 2 rings (SSSR count). The van der Waals surface area contributed by atoms with Crippen molar-refractivity contribution in [2.75, 3.05) is 25.5 Å². The van der Waals surface area contributed by atoms with Crippen molar-refractivity contribution in [3.63, 3.8) is 0 Å². The molecule has 1 saturated carbocycles. The number of rotatable bonds is 4. The van der Waals surface area contributed by atoms with Crippen LogP contribution in [0.1, 0.15) is 31.2 Å². The van der Waals surface area contributed by atoms with Gasteiger partial charge in [-0.15, -0.1) is 0 Å². The molecule has 0 bridgehead atoms. The molecule has 2 nitrogen and oxygen atoms in total. The molecule has 1 N–H and O–H groups in total. The second kappa shape index (κ2) is 6.24. The van der Waals surface area contributed by atoms with Crippen LogP contribution < -0.4 is 10.2 Å². The van der Waals surface area contributed by atoms with Gasteiger partial charge in [-0.25, -0.2) is 0 Å². The normalized spacial score (nSPS) is 23.9. The van der Waals surface area contributed by atoms with Gasteiger partial charge in [-0.3, -0.25) is 0 Å². The summed E-state index contributed by atoms with van der Waals surface area (Å²) in [5, 5.41) is 3.40. The Morgan fingerprint density at radius 2 is 1.94 bits per heavy atom. The topological polar surface area (TPSA) is 15.3 Å². The second-order valence-electron chi connectivity index (χ2n) is 5.73. The maximum Gasteiger partial charge on any atom is 0.0366 e. The van der Waals surface area contributed by atoms with Crippen molar-refractivity contribution in [3.8, 4) is 0 Å². The third-order valence-electron chi connectivity index (χ3n) is 4.23. The van der Waals surface area contributed by atoms with Crippen molar-refractivity contribution >= 4 is 5.69 Å². The lowest BCUT2D eigenvalue weighted by Gasteiger charge is -2.32. The summed E-state index contributed by atoms with van der Waals surface area (Å²) in [6.45, 7) is 3.36. The Morgan fingerprint density at radius 3 is 2.56 bits per heavy atom. The first-order valence-electron chi connectivity index (χ1n) is 7.14. The van der Waals surface area contributed by atoms with Gasteiger partial charge >= 0.3 is 0 Å². The van der Waals surface area contributed by atoms with Gasteiger partial charge in [-0.1, -0.05) is 12.1 Å². The summed E-state index contributed by atoms with van der Waals surface area (Å²) in [6.07, 6.45) is 5.40. The molecule has 1 aliphatic carbocycles. The van der Waals surface area contributed by atoms with Gasteiger partial charge in [0.25, 0.3) is 0 Å². The molecule has 0 atom stereocenters. The Morgan fingerprint density at radius 1 is 1.22 bits per heavy atom. The highest BCUT2D eigenvalue weighted by molar-refractivity contribution is 5.47. The molecule has 0 heterocycles. The fourth-order valence-corrected chi connectivity index (χ4v) is 2.99. The molecule has 1 aromatic carbocycles. The van der Waals surface area contributed by atoms with Crippen molar-refractivity contribution < 1.29 is 0 Å². The van der Waals surface area contributed by atoms with Crippen LogP contribution >= 0.6 is 0 Å². The Bertz CT molecular complexity index is 367. The van der Waals surface area contributed by atoms with Crippen LogP contribution in [0.5, 0.6) is 0 Å². The largest absolute Gasteiger partial charge is 0.374 e. The van der Waals surface area contributed by atoms with E-state index in [-0.39, 0.29) is 0 Å². The average molecular weight is 246 g/mol. The monoisotopic (exact) mass is 246 g/mol. The molecular weight excluding hydrogens is 220 g/mol. The Labute approximate surface area is 111 Å². The number of hydrogen-bond donors (Lipinski definition) is 1. The second-order valence-corrected chi connectivity index (χ2v) is 5.73. The van der Waals surface area contributed by atoms with Crippen molar-refractivity contribution in [2.24, 2.45) is 5.92 Å². The highest BCUT2D eigenvalue weighted by Gasteiger charge is 2.21. The third-order valence-corrected chi connectivity index (χ3v) is 4.23. The SMILES string of the molecule is CNC1CCC(CN(C)c2cccc(C)c2)CC1. The molecule has 0 aliphatic heterocycles. The van der Waals surface area contributed by atoms with Crippen molar-refractivity contribution in [1.82, 2.24) is 5.32 Å². The summed E-state index contributed by atoms with van der Waals surface area (Å²) in [5.74, 6) is 0.861. The van der Waals surface area contributed by atoms with E-state index in [1.165, 1.54) is 43.5 Å². The van der Waals surface area contributed by atoms with Crippen molar-refractivity contribution in [1.29, 1.82) is 0 Å². The Balaban J connectivity index is 1.86. The first-order chi connectivity index (χ1) is 8.69. The molecule has 2 heteroatoms. The van der Waals surface area contributed by atoms with E-state index in [0.717, 1.165) is 12.0 Å². The highest BCUT2D eigenvalue weighted by atomic mass is 15.1. The van der Waals surface area contributed by atoms with E-state index < -0.39 is 0 Å². The molecule has 0 amide bonds. The standard InChI is InChI=1S/C16H26N2/c1-13-5-4-6-16(11-13)18(3)12-14-7-9-15(17-2)10-8-14/h4-6,11,14-15,17H,7-10,12H2,1-3H3. The van der Waals surface area contributed by atoms with Crippen molar-refractivity contribution in [2.45, 2.75) is 38.6 Å². The number of benzene rings is 1. The van der Waals surface area contributed by atoms with Gasteiger partial charge in [0.15, 0.2) is 0 Å². The Kier molecular flexibility index (Phi) is 4.65. The van der Waals surface area contributed by atoms with E-state index >= 15 is 0 Å². The molecule has 0 aromatic heterocycles. The lowest BCUT2D eigenvalue weighted by atomic mass is 9.86. The number of nitrogens with one attached hydrogen (secondary N) is 1. The minimum atomic E-state index is 0.755. The maximum absolute atomic E-state index is 3.40. The molecular formula is C16H26N2. The van der Waals surface area contributed by atoms with Crippen LogP contribution in [-0.2, 0) is 0 Å². The summed E-state index contributed by atoms with van der Waals surface area (Å²) in [6, 6.07) is 9.56. The summed E-state index contributed by atoms with van der Waals surface area (Å²) in [7, 11) is 4.31. The van der Waals surface area contributed by atoms with Crippen LogP contribution in [0.3, 0.4) is 0 Å². The summed E-state index contributed by atoms with van der Waals surface area (Å²) in [5.41, 5.74) is 2.70. The Hall–Kier alpha value is -1.02. The van der Waals surface area contributed by atoms with Crippen LogP contribution in [0.15, 0.2) is 24.3 Å². The third kappa shape index (κ3) is 3.49. The molecule has 18 heavy (non-hydrogen) atoms. The maximum atomic E-state index is 3.40. The smallest absolute Gasteiger partial charge is 0.0366 e. The molecule has 100 valence electrons. The van der Waals surface area contributed by atoms with Gasteiger partial charge in [0.1, 0.15) is 0 Å². The zero-order valence-corrected chi connectivity index (χ0v) is 11.9. The van der Waals surface area contributed by atoms with E-state index in [4.69, 9.17) is 0 Å². The highest BCUT2D eigenvalue weighted by Crippen LogP contribution is 2.26. The molecule has 1 aliphatic rings. The van der Waals surface area contributed by atoms with Crippen LogP contribution in [-0.4, -0.2) is 26.7 Å². The van der Waals surface area contributed by atoms with E-state index in [1.54, 1.807) is 0 Å². The summed E-state index contributed by atoms with van der Waals surface area (Å²) >= 11 is 0. The molecule has 0 spiro atoms. The predicted molar refractivity (Wildman–Crippen MR) is 79.3 cm³/mol. The average Bonchev–Trinajstić information content (AvgIpc) is 2.39. The predicted octanol–water partition coefficient (Wildman–Crippen LogP) is 3.21. The molecule has 0 saturated heterocycles. The quantitative estimate of drug-likeness (QED) is 0.877. The number of aryl methyl sites for hydroxylation is 1. The lowest BCUT2D eigenvalue weighted by molar-refractivity contribution is 0.305. The van der Waals surface area contributed by atoms with E-state index in [2.05, 4.69) is 55.5 Å². The zero-order valence-electron chi connectivity index (χ0n) is 11.9. The van der Waals surface area contributed by atoms with E-state index in [0.29, 0.717) is 0 Å². The number of anilines is 1. The van der Waals surface area contributed by atoms with Gasteiger partial charge < -0.3 is 10.2 Å². The lowest BCUT2D eigenvalue weighted by Crippen LogP contribution is -2.34. The fraction of sp³-hybridized carbons (Fsp3) is 0.625. The molecule has 0 unspecified atom stereocenters. The van der Waals surface area contributed by atoms with E-state index in [1.807, 2.05) is 0 Å². The van der Waals surface area contributed by atoms with Gasteiger partial charge in [-0.05, 0) is 63.3 Å². The minimum Gasteiger partial charge on any atom is -0.374 e. The van der Waals surface area contributed by atoms with Crippen molar-refractivity contribution in [3.05, 3.63) is 29.8 Å². The van der Waals surface area contributed by atoms with Gasteiger partial charge in [0.2, 0.25) is 0 Å². The molecule has 1 aromatic rings. The first kappa shape index (κ1) is 13.4. The van der Waals surface area contributed by atoms with Gasteiger partial charge in [0.05, 0.1) is 0 Å². The fourth-order valence-electron chi connectivity index (χ4n) is 2.99. The minimum absolute atomic E-state index is 0.755. The summed E-state index contributed by atoms with van der Waals surface area (Å²) < 4.78 is 0. The van der Waals surface area contributed by atoms with E-state index in [9.17, 15) is 0 Å². The zero-order chi connectivity index (χ0) is 13.0. The molecule has 1 fully saturated rings. The van der Waals surface area contributed by atoms with Crippen LogP contribution in [0.25, 0.3) is 0 Å².